The van der Waals surface area contributed by atoms with Crippen molar-refractivity contribution in [1.29, 1.82) is 5.26 Å². The number of aromatic amines is 1. The lowest BCUT2D eigenvalue weighted by molar-refractivity contribution is -0.0246. The predicted octanol–water partition coefficient (Wildman–Crippen LogP) is 4.57. The van der Waals surface area contributed by atoms with E-state index >= 15 is 0 Å². The molecule has 0 saturated carbocycles. The Kier molecular flexibility index (Phi) is 13.0. The molecule has 0 aromatic carbocycles. The summed E-state index contributed by atoms with van der Waals surface area (Å²) in [5.41, 5.74) is -0.792. The molecule has 1 saturated heterocycles. The minimum absolute atomic E-state index is 0.0703. The summed E-state index contributed by atoms with van der Waals surface area (Å²) in [7, 11) is -5.11. The fourth-order valence-corrected chi connectivity index (χ4v) is 7.10. The van der Waals surface area contributed by atoms with Gasteiger partial charge >= 0.3 is 13.3 Å². The zero-order chi connectivity index (χ0) is 28.5. The number of rotatable bonds is 15. The normalized spacial score (nSPS) is 21.1. The smallest absolute Gasteiger partial charge is 0.348 e. The lowest BCUT2D eigenvalue weighted by atomic mass is 10.2. The lowest BCUT2D eigenvalue weighted by Gasteiger charge is -2.37. The average molecular weight is 575 g/mol. The van der Waals surface area contributed by atoms with E-state index in [1.54, 1.807) is 26.8 Å². The van der Waals surface area contributed by atoms with Crippen LogP contribution in [0.5, 0.6) is 0 Å². The first-order chi connectivity index (χ1) is 18.0. The zero-order valence-electron chi connectivity index (χ0n) is 23.2. The van der Waals surface area contributed by atoms with Crippen LogP contribution >= 0.6 is 16.1 Å². The Labute approximate surface area is 225 Å². The number of hydrogen-bond donors (Lipinski definition) is 1. The van der Waals surface area contributed by atoms with E-state index in [0.717, 1.165) is 0 Å². The summed E-state index contributed by atoms with van der Waals surface area (Å²) in [6, 6.07) is 2.21. The molecule has 2 unspecified atom stereocenters. The summed E-state index contributed by atoms with van der Waals surface area (Å²) in [5, 5.41) is 9.01. The van der Waals surface area contributed by atoms with Gasteiger partial charge in [-0.25, -0.2) is 9.46 Å². The molecule has 0 spiro atoms. The number of nitriles is 1. The van der Waals surface area contributed by atoms with Gasteiger partial charge in [0.15, 0.2) is 6.23 Å². The summed E-state index contributed by atoms with van der Waals surface area (Å²) in [6.45, 7) is 13.7. The number of nitrogens with zero attached hydrogens (tertiary/aromatic N) is 3. The molecule has 1 aliphatic heterocycles. The zero-order valence-corrected chi connectivity index (χ0v) is 24.9. The van der Waals surface area contributed by atoms with Gasteiger partial charge in [0.05, 0.1) is 38.4 Å². The van der Waals surface area contributed by atoms with Gasteiger partial charge in [-0.2, -0.15) is 5.26 Å². The van der Waals surface area contributed by atoms with Crippen molar-refractivity contribution in [3.05, 3.63) is 44.5 Å². The van der Waals surface area contributed by atoms with Crippen LogP contribution in [0.3, 0.4) is 0 Å². The Morgan fingerprint density at radius 3 is 2.45 bits per heavy atom. The molecule has 12 nitrogen and oxygen atoms in total. The third-order valence-electron chi connectivity index (χ3n) is 5.51. The van der Waals surface area contributed by atoms with Crippen molar-refractivity contribution in [3.63, 3.8) is 0 Å². The Balaban J connectivity index is 2.46. The van der Waals surface area contributed by atoms with E-state index in [0.29, 0.717) is 12.0 Å². The molecule has 0 amide bonds. The summed E-state index contributed by atoms with van der Waals surface area (Å²) in [5.74, 6) is 1.37. The van der Waals surface area contributed by atoms with Crippen LogP contribution in [-0.2, 0) is 27.4 Å². The van der Waals surface area contributed by atoms with Crippen LogP contribution in [0.1, 0.15) is 66.2 Å². The SMILES string of the molecule is CCOP(=O)(/C=C/[C@@H]1C[C@H](OP(OCCC#N)N(C(C)C)C(C)C)C(n2cc(C)c(=O)[nH]c2=O)O1)OCC. The molecule has 4 atom stereocenters. The first kappa shape index (κ1) is 32.5. The number of hydrogen-bond acceptors (Lipinski definition) is 10. The number of aryl methyl sites for hydroxylation is 1. The van der Waals surface area contributed by atoms with Gasteiger partial charge in [-0.15, -0.1) is 0 Å². The van der Waals surface area contributed by atoms with Crippen LogP contribution in [-0.4, -0.2) is 58.3 Å². The van der Waals surface area contributed by atoms with E-state index in [-0.39, 0.29) is 38.3 Å². The number of nitrogens with one attached hydrogen (secondary N) is 1. The van der Waals surface area contributed by atoms with Crippen LogP contribution in [0.15, 0.2) is 27.7 Å². The summed E-state index contributed by atoms with van der Waals surface area (Å²) >= 11 is 0. The third-order valence-corrected chi connectivity index (χ3v) is 9.44. The highest BCUT2D eigenvalue weighted by atomic mass is 31.2. The van der Waals surface area contributed by atoms with E-state index in [2.05, 4.69) is 15.7 Å². The second-order valence-corrected chi connectivity index (χ2v) is 12.5. The standard InChI is InChI=1S/C24H40N4O8P2/c1-8-33-38(31,34-9-2)14-11-20-15-21(23(35-20)27-16-19(7)22(29)26-24(27)30)36-37(32-13-10-12-25)28(17(3)4)18(5)6/h11,14,16-18,20-21,23H,8-10,13,15H2,1-7H3,(H,26,29,30)/b14-11+/t20-,21+,23?,37?/m1/s1. The second-order valence-electron chi connectivity index (χ2n) is 9.19. The van der Waals surface area contributed by atoms with Crippen LogP contribution in [0.25, 0.3) is 0 Å². The lowest BCUT2D eigenvalue weighted by Crippen LogP contribution is -2.38. The molecule has 214 valence electrons. The second kappa shape index (κ2) is 15.2. The maximum atomic E-state index is 12.9. The molecule has 0 aliphatic carbocycles. The fourth-order valence-electron chi connectivity index (χ4n) is 4.00. The first-order valence-corrected chi connectivity index (χ1v) is 15.5. The molecule has 14 heteroatoms. The number of H-pyrrole nitrogens is 1. The van der Waals surface area contributed by atoms with Crippen molar-refractivity contribution in [2.24, 2.45) is 0 Å². The quantitative estimate of drug-likeness (QED) is 0.233. The van der Waals surface area contributed by atoms with Gasteiger partial charge in [0.2, 0.25) is 0 Å². The van der Waals surface area contributed by atoms with Crippen LogP contribution in [0.2, 0.25) is 0 Å². The van der Waals surface area contributed by atoms with E-state index < -0.39 is 45.8 Å². The third kappa shape index (κ3) is 8.94. The van der Waals surface area contributed by atoms with Crippen LogP contribution < -0.4 is 11.2 Å². The van der Waals surface area contributed by atoms with Crippen LogP contribution in [0, 0.1) is 18.3 Å². The summed E-state index contributed by atoms with van der Waals surface area (Å²) < 4.78 is 45.7. The monoisotopic (exact) mass is 574 g/mol. The van der Waals surface area contributed by atoms with Gasteiger partial charge in [0, 0.05) is 36.1 Å². The van der Waals surface area contributed by atoms with Crippen LogP contribution in [0.4, 0.5) is 0 Å². The van der Waals surface area contributed by atoms with Crippen molar-refractivity contribution in [1.82, 2.24) is 14.2 Å². The van der Waals surface area contributed by atoms with Gasteiger partial charge in [-0.05, 0) is 54.5 Å². The molecular weight excluding hydrogens is 534 g/mol. The average Bonchev–Trinajstić information content (AvgIpc) is 3.22. The molecule has 38 heavy (non-hydrogen) atoms. The molecule has 1 fully saturated rings. The van der Waals surface area contributed by atoms with Crippen molar-refractivity contribution in [2.45, 2.75) is 91.8 Å². The number of aromatic nitrogens is 2. The van der Waals surface area contributed by atoms with Gasteiger partial charge in [0.1, 0.15) is 6.10 Å². The highest BCUT2D eigenvalue weighted by Gasteiger charge is 2.41. The first-order valence-electron chi connectivity index (χ1n) is 12.8. The summed E-state index contributed by atoms with van der Waals surface area (Å²) in [6.07, 6.45) is 1.35. The van der Waals surface area contributed by atoms with Crippen molar-refractivity contribution in [3.8, 4) is 6.07 Å². The molecule has 1 aromatic heterocycles. The molecule has 2 heterocycles. The Morgan fingerprint density at radius 1 is 1.26 bits per heavy atom. The molecular formula is C24H40N4O8P2. The van der Waals surface area contributed by atoms with E-state index in [1.165, 1.54) is 16.6 Å². The highest BCUT2D eigenvalue weighted by Crippen LogP contribution is 2.52. The largest absolute Gasteiger partial charge is 0.353 e. The van der Waals surface area contributed by atoms with Gasteiger partial charge in [0.25, 0.3) is 14.1 Å². The topological polar surface area (TPSA) is 145 Å². The molecule has 1 aromatic rings. The number of ether oxygens (including phenoxy) is 1. The molecule has 0 radical (unpaired) electrons. The van der Waals surface area contributed by atoms with E-state index in [1.807, 2.05) is 27.7 Å². The van der Waals surface area contributed by atoms with Gasteiger partial charge < -0.3 is 22.8 Å². The van der Waals surface area contributed by atoms with Crippen molar-refractivity contribution in [2.75, 3.05) is 19.8 Å². The summed E-state index contributed by atoms with van der Waals surface area (Å²) in [4.78, 5) is 27.1. The van der Waals surface area contributed by atoms with E-state index in [4.69, 9.17) is 28.1 Å². The van der Waals surface area contributed by atoms with Crippen molar-refractivity contribution < 1.29 is 27.4 Å². The van der Waals surface area contributed by atoms with Gasteiger partial charge in [-0.1, -0.05) is 0 Å². The highest BCUT2D eigenvalue weighted by molar-refractivity contribution is 7.57. The van der Waals surface area contributed by atoms with E-state index in [9.17, 15) is 14.2 Å². The molecule has 1 aliphatic rings. The fraction of sp³-hybridized carbons (Fsp3) is 0.708. The van der Waals surface area contributed by atoms with Gasteiger partial charge in [-0.3, -0.25) is 18.9 Å². The minimum atomic E-state index is -3.47. The van der Waals surface area contributed by atoms with Crippen molar-refractivity contribution >= 4 is 16.1 Å². The Bertz CT molecular complexity index is 1110. The maximum absolute atomic E-state index is 12.9. The minimum Gasteiger partial charge on any atom is -0.348 e. The Hall–Kier alpha value is -1.67. The Morgan fingerprint density at radius 2 is 1.89 bits per heavy atom. The molecule has 1 N–H and O–H groups in total. The molecule has 2 rings (SSSR count). The maximum Gasteiger partial charge on any atom is 0.353 e. The molecule has 0 bridgehead atoms. The predicted molar refractivity (Wildman–Crippen MR) is 145 cm³/mol.